The Morgan fingerprint density at radius 3 is 2.94 bits per heavy atom. The molecule has 82 valence electrons. The van der Waals surface area contributed by atoms with Crippen molar-refractivity contribution in [3.8, 4) is 0 Å². The van der Waals surface area contributed by atoms with Gasteiger partial charge < -0.3 is 5.32 Å². The molecule has 0 amide bonds. The summed E-state index contributed by atoms with van der Waals surface area (Å²) in [5, 5.41) is 7.78. The molecule has 0 aliphatic carbocycles. The van der Waals surface area contributed by atoms with Gasteiger partial charge in [0.2, 0.25) is 0 Å². The highest BCUT2D eigenvalue weighted by molar-refractivity contribution is 9.10. The molecule has 1 aromatic carbocycles. The van der Waals surface area contributed by atoms with Crippen molar-refractivity contribution in [2.75, 3.05) is 5.32 Å². The fraction of sp³-hybridized carbons (Fsp3) is 0.250. The molecule has 4 heteroatoms. The summed E-state index contributed by atoms with van der Waals surface area (Å²) in [4.78, 5) is 0. The van der Waals surface area contributed by atoms with Gasteiger partial charge >= 0.3 is 0 Å². The van der Waals surface area contributed by atoms with Gasteiger partial charge in [-0.3, -0.25) is 4.68 Å². The Hall–Kier alpha value is -1.29. The van der Waals surface area contributed by atoms with E-state index in [-0.39, 0.29) is 0 Å². The fourth-order valence-corrected chi connectivity index (χ4v) is 2.90. The van der Waals surface area contributed by atoms with Crippen LogP contribution in [0.5, 0.6) is 0 Å². The van der Waals surface area contributed by atoms with Crippen LogP contribution in [0.15, 0.2) is 34.9 Å². The molecule has 1 aromatic heterocycles. The average Bonchev–Trinajstić information content (AvgIpc) is 2.82. The number of nitrogens with zero attached hydrogens (tertiary/aromatic N) is 2. The highest BCUT2D eigenvalue weighted by Gasteiger charge is 2.25. The third kappa shape index (κ3) is 1.45. The number of nitrogens with one attached hydrogen (secondary N) is 1. The number of halogens is 1. The monoisotopic (exact) mass is 277 g/mol. The van der Waals surface area contributed by atoms with Crippen molar-refractivity contribution >= 4 is 21.6 Å². The first-order valence-corrected chi connectivity index (χ1v) is 6.07. The van der Waals surface area contributed by atoms with E-state index in [4.69, 9.17) is 0 Å². The minimum Gasteiger partial charge on any atom is -0.376 e. The van der Waals surface area contributed by atoms with Gasteiger partial charge in [0.1, 0.15) is 0 Å². The van der Waals surface area contributed by atoms with E-state index in [1.807, 2.05) is 17.9 Å². The molecule has 1 atom stereocenters. The van der Waals surface area contributed by atoms with Crippen LogP contribution >= 0.6 is 15.9 Å². The predicted molar refractivity (Wildman–Crippen MR) is 67.4 cm³/mol. The zero-order valence-corrected chi connectivity index (χ0v) is 10.5. The molecule has 0 saturated carbocycles. The van der Waals surface area contributed by atoms with Gasteiger partial charge in [-0.05, 0) is 27.6 Å². The van der Waals surface area contributed by atoms with Gasteiger partial charge in [-0.1, -0.05) is 18.2 Å². The third-order valence-corrected chi connectivity index (χ3v) is 3.65. The number of para-hydroxylation sites is 1. The lowest BCUT2D eigenvalue weighted by atomic mass is 10.1. The Balaban J connectivity index is 1.97. The Bertz CT molecular complexity index is 488. The maximum atomic E-state index is 4.25. The molecule has 3 rings (SSSR count). The molecular formula is C12H12BrN3. The molecule has 1 unspecified atom stereocenters. The lowest BCUT2D eigenvalue weighted by molar-refractivity contribution is 0.657. The topological polar surface area (TPSA) is 29.9 Å². The smallest absolute Gasteiger partial charge is 0.0748 e. The van der Waals surface area contributed by atoms with Crippen molar-refractivity contribution in [1.82, 2.24) is 9.78 Å². The maximum Gasteiger partial charge on any atom is 0.0748 e. The van der Waals surface area contributed by atoms with Crippen molar-refractivity contribution in [2.24, 2.45) is 7.05 Å². The number of aryl methyl sites for hydroxylation is 1. The van der Waals surface area contributed by atoms with Crippen LogP contribution in [0.3, 0.4) is 0 Å². The van der Waals surface area contributed by atoms with E-state index in [0.29, 0.717) is 6.04 Å². The van der Waals surface area contributed by atoms with Gasteiger partial charge in [-0.2, -0.15) is 5.10 Å². The number of anilines is 1. The summed E-state index contributed by atoms with van der Waals surface area (Å²) in [6.45, 7) is 0. The number of benzene rings is 1. The second-order valence-corrected chi connectivity index (χ2v) is 4.91. The summed E-state index contributed by atoms with van der Waals surface area (Å²) in [7, 11) is 1.98. The average molecular weight is 278 g/mol. The molecule has 2 heterocycles. The van der Waals surface area contributed by atoms with Crippen LogP contribution in [-0.4, -0.2) is 9.78 Å². The Morgan fingerprint density at radius 2 is 2.25 bits per heavy atom. The van der Waals surface area contributed by atoms with E-state index in [1.54, 1.807) is 0 Å². The Labute approximate surface area is 103 Å². The minimum atomic E-state index is 0.319. The molecule has 3 nitrogen and oxygen atoms in total. The number of aromatic nitrogens is 2. The van der Waals surface area contributed by atoms with Crippen LogP contribution in [-0.2, 0) is 13.5 Å². The second kappa shape index (κ2) is 3.63. The highest BCUT2D eigenvalue weighted by Crippen LogP contribution is 2.36. The molecule has 0 saturated heterocycles. The Morgan fingerprint density at radius 1 is 1.44 bits per heavy atom. The molecule has 0 fully saturated rings. The van der Waals surface area contributed by atoms with Gasteiger partial charge in [-0.25, -0.2) is 0 Å². The summed E-state index contributed by atoms with van der Waals surface area (Å²) >= 11 is 3.55. The van der Waals surface area contributed by atoms with Crippen molar-refractivity contribution in [3.63, 3.8) is 0 Å². The zero-order chi connectivity index (χ0) is 11.1. The summed E-state index contributed by atoms with van der Waals surface area (Å²) in [6.07, 6.45) is 2.87. The summed E-state index contributed by atoms with van der Waals surface area (Å²) in [5.41, 5.74) is 3.82. The van der Waals surface area contributed by atoms with Gasteiger partial charge in [0.05, 0.1) is 22.4 Å². The van der Waals surface area contributed by atoms with Crippen LogP contribution in [0.1, 0.15) is 17.3 Å². The maximum absolute atomic E-state index is 4.25. The second-order valence-electron chi connectivity index (χ2n) is 4.06. The van der Waals surface area contributed by atoms with E-state index in [2.05, 4.69) is 50.6 Å². The van der Waals surface area contributed by atoms with Crippen molar-refractivity contribution in [2.45, 2.75) is 12.5 Å². The first-order chi connectivity index (χ1) is 7.75. The lowest BCUT2D eigenvalue weighted by Gasteiger charge is -2.12. The van der Waals surface area contributed by atoms with Crippen LogP contribution < -0.4 is 5.32 Å². The molecule has 16 heavy (non-hydrogen) atoms. The van der Waals surface area contributed by atoms with Crippen molar-refractivity contribution in [3.05, 3.63) is 46.2 Å². The van der Waals surface area contributed by atoms with E-state index in [0.717, 1.165) is 10.9 Å². The first kappa shape index (κ1) is 9.90. The third-order valence-electron chi connectivity index (χ3n) is 3.04. The van der Waals surface area contributed by atoms with Crippen molar-refractivity contribution in [1.29, 1.82) is 0 Å². The molecule has 0 bridgehead atoms. The van der Waals surface area contributed by atoms with Gasteiger partial charge in [0, 0.05) is 19.2 Å². The normalized spacial score (nSPS) is 18.2. The molecule has 1 aliphatic heterocycles. The number of hydrogen-bond donors (Lipinski definition) is 1. The van der Waals surface area contributed by atoms with Gasteiger partial charge in [0.25, 0.3) is 0 Å². The van der Waals surface area contributed by atoms with E-state index in [1.165, 1.54) is 16.9 Å². The van der Waals surface area contributed by atoms with Gasteiger partial charge in [0.15, 0.2) is 0 Å². The number of rotatable bonds is 1. The van der Waals surface area contributed by atoms with Crippen LogP contribution in [0.2, 0.25) is 0 Å². The zero-order valence-electron chi connectivity index (χ0n) is 8.94. The molecule has 1 aliphatic rings. The molecule has 1 N–H and O–H groups in total. The fourth-order valence-electron chi connectivity index (χ4n) is 2.27. The molecule has 2 aromatic rings. The van der Waals surface area contributed by atoms with Crippen LogP contribution in [0.4, 0.5) is 5.69 Å². The molecule has 0 spiro atoms. The Kier molecular flexibility index (Phi) is 2.24. The van der Waals surface area contributed by atoms with Crippen molar-refractivity contribution < 1.29 is 0 Å². The molecule has 0 radical (unpaired) electrons. The lowest BCUT2D eigenvalue weighted by Crippen LogP contribution is -2.11. The standard InChI is InChI=1S/C12H12BrN3/c1-16-12(9(13)7-14-16)11-6-8-4-2-3-5-10(8)15-11/h2-5,7,11,15H,6H2,1H3. The summed E-state index contributed by atoms with van der Waals surface area (Å²) in [5.74, 6) is 0. The van der Waals surface area contributed by atoms with E-state index < -0.39 is 0 Å². The SMILES string of the molecule is Cn1ncc(Br)c1C1Cc2ccccc2N1. The van der Waals surface area contributed by atoms with Gasteiger partial charge in [-0.15, -0.1) is 0 Å². The van der Waals surface area contributed by atoms with Crippen LogP contribution in [0.25, 0.3) is 0 Å². The van der Waals surface area contributed by atoms with E-state index >= 15 is 0 Å². The largest absolute Gasteiger partial charge is 0.376 e. The number of hydrogen-bond acceptors (Lipinski definition) is 2. The summed E-state index contributed by atoms with van der Waals surface area (Å²) in [6, 6.07) is 8.76. The quantitative estimate of drug-likeness (QED) is 0.869. The summed E-state index contributed by atoms with van der Waals surface area (Å²) < 4.78 is 2.99. The van der Waals surface area contributed by atoms with E-state index in [9.17, 15) is 0 Å². The molecular weight excluding hydrogens is 266 g/mol. The highest BCUT2D eigenvalue weighted by atomic mass is 79.9. The minimum absolute atomic E-state index is 0.319. The number of fused-ring (bicyclic) bond motifs is 1. The predicted octanol–water partition coefficient (Wildman–Crippen LogP) is 2.89. The first-order valence-electron chi connectivity index (χ1n) is 5.27. The van der Waals surface area contributed by atoms with Crippen LogP contribution in [0, 0.1) is 0 Å².